The summed E-state index contributed by atoms with van der Waals surface area (Å²) in [5.41, 5.74) is 0.483. The molecule has 0 amide bonds. The van der Waals surface area contributed by atoms with Crippen molar-refractivity contribution in [3.05, 3.63) is 102 Å². The highest BCUT2D eigenvalue weighted by Gasteiger charge is 2.35. The maximum absolute atomic E-state index is 13.9. The number of rotatable bonds is 4. The molecule has 1 heterocycles. The molecule has 0 saturated heterocycles. The fourth-order valence-electron chi connectivity index (χ4n) is 3.52. The Kier molecular flexibility index (Phi) is 5.96. The van der Waals surface area contributed by atoms with Crippen LogP contribution in [0.15, 0.2) is 91.1 Å². The van der Waals surface area contributed by atoms with Gasteiger partial charge in [-0.25, -0.2) is 4.98 Å². The molecule has 32 heavy (non-hydrogen) atoms. The highest BCUT2D eigenvalue weighted by molar-refractivity contribution is 7.79. The first-order chi connectivity index (χ1) is 15.2. The van der Waals surface area contributed by atoms with E-state index in [1.54, 1.807) is 16.8 Å². The van der Waals surface area contributed by atoms with Gasteiger partial charge >= 0.3 is 6.18 Å². The van der Waals surface area contributed by atoms with Crippen molar-refractivity contribution in [3.63, 3.8) is 0 Å². The Morgan fingerprint density at radius 1 is 0.719 bits per heavy atom. The fraction of sp³-hybridized carbons (Fsp3) is 0.192. The predicted molar refractivity (Wildman–Crippen MR) is 126 cm³/mol. The summed E-state index contributed by atoms with van der Waals surface area (Å²) in [5.74, 6) is 0. The third kappa shape index (κ3) is 4.49. The van der Waals surface area contributed by atoms with Crippen LogP contribution in [-0.4, -0.2) is 9.55 Å². The molecule has 0 atom stereocenters. The number of benzene rings is 3. The Balaban J connectivity index is 2.03. The van der Waals surface area contributed by atoms with Gasteiger partial charge in [0.2, 0.25) is 0 Å². The molecule has 0 N–H and O–H groups in total. The Hall–Kier alpha value is -2.91. The van der Waals surface area contributed by atoms with Gasteiger partial charge in [0, 0.05) is 19.5 Å². The summed E-state index contributed by atoms with van der Waals surface area (Å²) in [4.78, 5) is 4.96. The van der Waals surface area contributed by atoms with Crippen LogP contribution in [0, 0.1) is 0 Å². The monoisotopic (exact) mass is 452 g/mol. The molecule has 0 saturated carbocycles. The summed E-state index contributed by atoms with van der Waals surface area (Å²) in [5, 5.41) is 2.07. The minimum absolute atomic E-state index is 0.0948. The molecule has 0 aliphatic rings. The van der Waals surface area contributed by atoms with Gasteiger partial charge in [-0.05, 0) is 22.7 Å². The second-order valence-electron chi connectivity index (χ2n) is 8.57. The second-order valence-corrected chi connectivity index (χ2v) is 10.7. The molecular formula is C26H24F3N2P. The van der Waals surface area contributed by atoms with Crippen molar-refractivity contribution in [2.24, 2.45) is 0 Å². The third-order valence-electron chi connectivity index (χ3n) is 5.15. The number of alkyl halides is 3. The van der Waals surface area contributed by atoms with Gasteiger partial charge in [-0.2, -0.15) is 13.2 Å². The van der Waals surface area contributed by atoms with Gasteiger partial charge in [0.15, 0.2) is 0 Å². The van der Waals surface area contributed by atoms with Gasteiger partial charge in [0.1, 0.15) is 5.57 Å². The van der Waals surface area contributed by atoms with Crippen LogP contribution in [0.1, 0.15) is 32.0 Å². The summed E-state index contributed by atoms with van der Waals surface area (Å²) in [6.45, 7) is 6.06. The van der Waals surface area contributed by atoms with Gasteiger partial charge < -0.3 is 0 Å². The van der Waals surface area contributed by atoms with E-state index in [2.05, 4.69) is 0 Å². The molecule has 164 valence electrons. The molecule has 0 unspecified atom stereocenters. The van der Waals surface area contributed by atoms with Crippen molar-refractivity contribution in [3.8, 4) is 5.69 Å². The van der Waals surface area contributed by atoms with Crippen molar-refractivity contribution >= 4 is 24.1 Å². The van der Waals surface area contributed by atoms with Gasteiger partial charge in [0.25, 0.3) is 0 Å². The number of para-hydroxylation sites is 1. The number of hydrogen-bond acceptors (Lipinski definition) is 1. The van der Waals surface area contributed by atoms with E-state index in [0.717, 1.165) is 22.4 Å². The molecule has 0 bridgehead atoms. The molecule has 1 aromatic heterocycles. The normalized spacial score (nSPS) is 12.3. The lowest BCUT2D eigenvalue weighted by atomic mass is 9.93. The molecule has 2 nitrogen and oxygen atoms in total. The number of imidazole rings is 1. The first-order valence-electron chi connectivity index (χ1n) is 10.3. The number of hydrogen-bond donors (Lipinski definition) is 0. The minimum atomic E-state index is -4.47. The molecule has 6 heteroatoms. The fourth-order valence-corrected chi connectivity index (χ4v) is 5.81. The second kappa shape index (κ2) is 8.55. The Morgan fingerprint density at radius 2 is 1.22 bits per heavy atom. The lowest BCUT2D eigenvalue weighted by molar-refractivity contribution is -0.137. The van der Waals surface area contributed by atoms with E-state index in [4.69, 9.17) is 4.98 Å². The highest BCUT2D eigenvalue weighted by Crippen LogP contribution is 2.38. The zero-order chi connectivity index (χ0) is 22.9. The molecule has 4 aromatic rings. The van der Waals surface area contributed by atoms with Crippen molar-refractivity contribution < 1.29 is 13.2 Å². The van der Waals surface area contributed by atoms with Crippen molar-refractivity contribution in [2.75, 3.05) is 0 Å². The maximum atomic E-state index is 13.9. The zero-order valence-electron chi connectivity index (χ0n) is 18.1. The average Bonchev–Trinajstić information content (AvgIpc) is 3.20. The van der Waals surface area contributed by atoms with Gasteiger partial charge in [-0.3, -0.25) is 4.57 Å². The van der Waals surface area contributed by atoms with E-state index < -0.39 is 19.7 Å². The number of aromatic nitrogens is 2. The zero-order valence-corrected chi connectivity index (χ0v) is 19.0. The van der Waals surface area contributed by atoms with E-state index in [-0.39, 0.29) is 11.1 Å². The summed E-state index contributed by atoms with van der Waals surface area (Å²) in [6, 6.07) is 25.5. The Morgan fingerprint density at radius 3 is 1.72 bits per heavy atom. The third-order valence-corrected chi connectivity index (χ3v) is 7.50. The summed E-state index contributed by atoms with van der Waals surface area (Å²) in [7, 11) is -1.18. The van der Waals surface area contributed by atoms with Crippen LogP contribution < -0.4 is 16.2 Å². The van der Waals surface area contributed by atoms with Crippen LogP contribution in [0.5, 0.6) is 0 Å². The maximum Gasteiger partial charge on any atom is 0.418 e. The average molecular weight is 452 g/mol. The first kappa shape index (κ1) is 22.3. The quantitative estimate of drug-likeness (QED) is 0.350. The van der Waals surface area contributed by atoms with E-state index in [9.17, 15) is 13.2 Å². The Labute approximate surface area is 187 Å². The molecule has 0 fully saturated rings. The minimum Gasteiger partial charge on any atom is -0.299 e. The largest absolute Gasteiger partial charge is 0.418 e. The first-order valence-corrected chi connectivity index (χ1v) is 11.7. The van der Waals surface area contributed by atoms with E-state index >= 15 is 0 Å². The SMILES string of the molecule is CC(C)(C)c1cn(-c2ccccc2C(F)(F)F)c(P(c2ccccc2)c2ccccc2)n1. The highest BCUT2D eigenvalue weighted by atomic mass is 31.1. The smallest absolute Gasteiger partial charge is 0.299 e. The number of halogens is 3. The lowest BCUT2D eigenvalue weighted by Crippen LogP contribution is -2.28. The van der Waals surface area contributed by atoms with Crippen LogP contribution in [0.4, 0.5) is 13.2 Å². The lowest BCUT2D eigenvalue weighted by Gasteiger charge is -2.21. The van der Waals surface area contributed by atoms with Crippen LogP contribution >= 0.6 is 7.92 Å². The van der Waals surface area contributed by atoms with Crippen molar-refractivity contribution in [2.45, 2.75) is 32.4 Å². The summed E-state index contributed by atoms with van der Waals surface area (Å²) < 4.78 is 43.4. The molecule has 0 spiro atoms. The molecule has 0 radical (unpaired) electrons. The number of nitrogens with zero attached hydrogens (tertiary/aromatic N) is 2. The van der Waals surface area contributed by atoms with E-state index in [1.807, 2.05) is 81.4 Å². The van der Waals surface area contributed by atoms with Gasteiger partial charge in [-0.15, -0.1) is 0 Å². The molecule has 0 aliphatic carbocycles. The molecule has 3 aromatic carbocycles. The topological polar surface area (TPSA) is 17.8 Å². The van der Waals surface area contributed by atoms with Crippen molar-refractivity contribution in [1.29, 1.82) is 0 Å². The van der Waals surface area contributed by atoms with Crippen LogP contribution in [0.2, 0.25) is 0 Å². The standard InChI is InChI=1S/C26H24F3N2P/c1-25(2,3)23-18-31(22-17-11-10-16-21(22)26(27,28)29)24(30-23)32(19-12-6-4-7-13-19)20-14-8-5-9-15-20/h4-18H,1-3H3. The van der Waals surface area contributed by atoms with Crippen LogP contribution in [0.25, 0.3) is 5.69 Å². The summed E-state index contributed by atoms with van der Waals surface area (Å²) >= 11 is 0. The molecular weight excluding hydrogens is 428 g/mol. The van der Waals surface area contributed by atoms with Gasteiger partial charge in [-0.1, -0.05) is 93.6 Å². The predicted octanol–water partition coefficient (Wildman–Crippen LogP) is 5.95. The van der Waals surface area contributed by atoms with Crippen LogP contribution in [0.3, 0.4) is 0 Å². The Bertz CT molecular complexity index is 1150. The van der Waals surface area contributed by atoms with Crippen LogP contribution in [-0.2, 0) is 11.6 Å². The van der Waals surface area contributed by atoms with E-state index in [1.165, 1.54) is 12.1 Å². The van der Waals surface area contributed by atoms with Crippen molar-refractivity contribution in [1.82, 2.24) is 9.55 Å². The van der Waals surface area contributed by atoms with Gasteiger partial charge in [0.05, 0.1) is 16.9 Å². The summed E-state index contributed by atoms with van der Waals surface area (Å²) in [6.07, 6.45) is -2.70. The van der Waals surface area contributed by atoms with E-state index in [0.29, 0.717) is 5.57 Å². The molecule has 4 rings (SSSR count). The molecule has 0 aliphatic heterocycles.